The molecule has 4 rings (SSSR count). The van der Waals surface area contributed by atoms with Gasteiger partial charge in [0.25, 0.3) is 5.91 Å². The first-order chi connectivity index (χ1) is 17.9. The van der Waals surface area contributed by atoms with Crippen molar-refractivity contribution >= 4 is 22.7 Å². The molecule has 4 aromatic rings. The maximum atomic E-state index is 13.5. The standard InChI is InChI=1S/C30H32FN3O3/c1-22(2)34(30(36)21-37-26-8-4-3-5-9-26)20-29(35)33(19-23-12-14-25(31)15-13-23)17-16-24-18-32-28-11-7-6-10-27(24)28/h3-15,18,22,32H,16-17,19-21H2,1-2H3. The van der Waals surface area contributed by atoms with E-state index in [1.54, 1.807) is 29.2 Å². The molecule has 0 aliphatic carbocycles. The summed E-state index contributed by atoms with van der Waals surface area (Å²) in [5.41, 5.74) is 2.98. The molecule has 3 aromatic carbocycles. The van der Waals surface area contributed by atoms with E-state index < -0.39 is 0 Å². The van der Waals surface area contributed by atoms with E-state index in [1.165, 1.54) is 17.0 Å². The van der Waals surface area contributed by atoms with Gasteiger partial charge in [-0.1, -0.05) is 48.5 Å². The molecule has 0 aliphatic heterocycles. The number of carbonyl (C=O) groups is 2. The Balaban J connectivity index is 1.47. The quantitative estimate of drug-likeness (QED) is 0.307. The molecule has 0 aliphatic rings. The van der Waals surface area contributed by atoms with Crippen LogP contribution in [0.15, 0.2) is 85.1 Å². The highest BCUT2D eigenvalue weighted by atomic mass is 19.1. The van der Waals surface area contributed by atoms with Gasteiger partial charge in [-0.25, -0.2) is 4.39 Å². The van der Waals surface area contributed by atoms with Crippen LogP contribution in [-0.4, -0.2) is 52.3 Å². The molecular weight excluding hydrogens is 469 g/mol. The molecule has 1 aromatic heterocycles. The van der Waals surface area contributed by atoms with Crippen LogP contribution in [0, 0.1) is 5.82 Å². The Morgan fingerprint density at radius 1 is 0.919 bits per heavy atom. The van der Waals surface area contributed by atoms with Gasteiger partial charge in [-0.15, -0.1) is 0 Å². The van der Waals surface area contributed by atoms with Gasteiger partial charge in [-0.05, 0) is 61.7 Å². The van der Waals surface area contributed by atoms with E-state index in [1.807, 2.05) is 56.4 Å². The number of hydrogen-bond donors (Lipinski definition) is 1. The lowest BCUT2D eigenvalue weighted by molar-refractivity contribution is -0.143. The number of rotatable bonds is 11. The van der Waals surface area contributed by atoms with Crippen LogP contribution in [-0.2, 0) is 22.6 Å². The van der Waals surface area contributed by atoms with Crippen LogP contribution in [0.2, 0.25) is 0 Å². The van der Waals surface area contributed by atoms with Gasteiger partial charge in [0.15, 0.2) is 6.61 Å². The molecule has 0 saturated carbocycles. The number of nitrogens with one attached hydrogen (secondary N) is 1. The number of fused-ring (bicyclic) bond motifs is 1. The highest BCUT2D eigenvalue weighted by Crippen LogP contribution is 2.19. The Labute approximate surface area is 216 Å². The monoisotopic (exact) mass is 501 g/mol. The second-order valence-electron chi connectivity index (χ2n) is 9.27. The fraction of sp³-hybridized carbons (Fsp3) is 0.267. The molecule has 37 heavy (non-hydrogen) atoms. The average Bonchev–Trinajstić information content (AvgIpc) is 3.32. The zero-order valence-corrected chi connectivity index (χ0v) is 21.2. The Bertz CT molecular complexity index is 1320. The summed E-state index contributed by atoms with van der Waals surface area (Å²) in [5.74, 6) is -0.158. The SMILES string of the molecule is CC(C)N(CC(=O)N(CCc1c[nH]c2ccccc12)Cc1ccc(F)cc1)C(=O)COc1ccccc1. The van der Waals surface area contributed by atoms with Crippen LogP contribution in [0.5, 0.6) is 5.75 Å². The number of aromatic nitrogens is 1. The number of halogens is 1. The van der Waals surface area contributed by atoms with E-state index >= 15 is 0 Å². The minimum atomic E-state index is -0.324. The van der Waals surface area contributed by atoms with Crippen molar-refractivity contribution in [3.63, 3.8) is 0 Å². The Morgan fingerprint density at radius 2 is 1.62 bits per heavy atom. The van der Waals surface area contributed by atoms with Crippen LogP contribution in [0.1, 0.15) is 25.0 Å². The Hall–Kier alpha value is -4.13. The zero-order valence-electron chi connectivity index (χ0n) is 21.2. The lowest BCUT2D eigenvalue weighted by atomic mass is 10.1. The molecule has 1 heterocycles. The molecule has 1 N–H and O–H groups in total. The lowest BCUT2D eigenvalue weighted by Crippen LogP contribution is -2.47. The molecule has 6 nitrogen and oxygen atoms in total. The highest BCUT2D eigenvalue weighted by molar-refractivity contribution is 5.86. The third-order valence-corrected chi connectivity index (χ3v) is 6.32. The van der Waals surface area contributed by atoms with Crippen LogP contribution < -0.4 is 4.74 Å². The second-order valence-corrected chi connectivity index (χ2v) is 9.27. The molecule has 0 spiro atoms. The third kappa shape index (κ3) is 6.97. The van der Waals surface area contributed by atoms with E-state index in [9.17, 15) is 14.0 Å². The van der Waals surface area contributed by atoms with E-state index in [4.69, 9.17) is 4.74 Å². The summed E-state index contributed by atoms with van der Waals surface area (Å²) in [6.45, 7) is 4.32. The van der Waals surface area contributed by atoms with E-state index in [2.05, 4.69) is 11.1 Å². The topological polar surface area (TPSA) is 65.6 Å². The molecule has 0 radical (unpaired) electrons. The maximum absolute atomic E-state index is 13.5. The van der Waals surface area contributed by atoms with Gasteiger partial charge in [0, 0.05) is 36.2 Å². The van der Waals surface area contributed by atoms with Gasteiger partial charge in [-0.3, -0.25) is 9.59 Å². The van der Waals surface area contributed by atoms with Gasteiger partial charge in [0.2, 0.25) is 5.91 Å². The molecular formula is C30H32FN3O3. The van der Waals surface area contributed by atoms with Crippen molar-refractivity contribution in [3.05, 3.63) is 102 Å². The Kier molecular flexibility index (Phi) is 8.56. The van der Waals surface area contributed by atoms with Crippen molar-refractivity contribution in [2.45, 2.75) is 32.9 Å². The summed E-state index contributed by atoms with van der Waals surface area (Å²) in [5, 5.41) is 1.12. The van der Waals surface area contributed by atoms with Crippen molar-refractivity contribution in [3.8, 4) is 5.75 Å². The Morgan fingerprint density at radius 3 is 2.35 bits per heavy atom. The molecule has 0 bridgehead atoms. The number of hydrogen-bond acceptors (Lipinski definition) is 3. The minimum absolute atomic E-state index is 0.0657. The number of benzene rings is 3. The van der Waals surface area contributed by atoms with Crippen molar-refractivity contribution in [2.75, 3.05) is 19.7 Å². The summed E-state index contributed by atoms with van der Waals surface area (Å²) < 4.78 is 19.1. The molecule has 192 valence electrons. The predicted octanol–water partition coefficient (Wildman–Crippen LogP) is 5.19. The predicted molar refractivity (Wildman–Crippen MR) is 143 cm³/mol. The summed E-state index contributed by atoms with van der Waals surface area (Å²) in [6, 6.07) is 23.1. The third-order valence-electron chi connectivity index (χ3n) is 6.32. The second kappa shape index (κ2) is 12.2. The number of para-hydroxylation sites is 2. The van der Waals surface area contributed by atoms with Gasteiger partial charge >= 0.3 is 0 Å². The number of carbonyl (C=O) groups excluding carboxylic acids is 2. The van der Waals surface area contributed by atoms with Crippen LogP contribution in [0.3, 0.4) is 0 Å². The fourth-order valence-corrected chi connectivity index (χ4v) is 4.25. The summed E-state index contributed by atoms with van der Waals surface area (Å²) in [7, 11) is 0. The van der Waals surface area contributed by atoms with E-state index in [0.29, 0.717) is 25.3 Å². The van der Waals surface area contributed by atoms with Crippen LogP contribution >= 0.6 is 0 Å². The number of nitrogens with zero attached hydrogens (tertiary/aromatic N) is 2. The largest absolute Gasteiger partial charge is 0.484 e. The summed E-state index contributed by atoms with van der Waals surface area (Å²) in [6.07, 6.45) is 2.61. The first kappa shape index (κ1) is 25.9. The van der Waals surface area contributed by atoms with Crippen molar-refractivity contribution in [1.82, 2.24) is 14.8 Å². The van der Waals surface area contributed by atoms with Gasteiger partial charge < -0.3 is 19.5 Å². The van der Waals surface area contributed by atoms with E-state index in [0.717, 1.165) is 22.0 Å². The van der Waals surface area contributed by atoms with Gasteiger partial charge in [-0.2, -0.15) is 0 Å². The molecule has 0 saturated heterocycles. The first-order valence-electron chi connectivity index (χ1n) is 12.4. The number of aromatic amines is 1. The number of amides is 2. The summed E-state index contributed by atoms with van der Waals surface area (Å²) >= 11 is 0. The molecule has 2 amide bonds. The normalized spacial score (nSPS) is 11.0. The fourth-order valence-electron chi connectivity index (χ4n) is 4.25. The summed E-state index contributed by atoms with van der Waals surface area (Å²) in [4.78, 5) is 33.1. The highest BCUT2D eigenvalue weighted by Gasteiger charge is 2.24. The first-order valence-corrected chi connectivity index (χ1v) is 12.4. The maximum Gasteiger partial charge on any atom is 0.261 e. The molecule has 0 atom stereocenters. The van der Waals surface area contributed by atoms with Crippen molar-refractivity contribution in [1.29, 1.82) is 0 Å². The number of ether oxygens (including phenoxy) is 1. The smallest absolute Gasteiger partial charge is 0.261 e. The van der Waals surface area contributed by atoms with Crippen molar-refractivity contribution < 1.29 is 18.7 Å². The minimum Gasteiger partial charge on any atom is -0.484 e. The average molecular weight is 502 g/mol. The zero-order chi connectivity index (χ0) is 26.2. The number of H-pyrrole nitrogens is 1. The van der Waals surface area contributed by atoms with Crippen molar-refractivity contribution in [2.24, 2.45) is 0 Å². The van der Waals surface area contributed by atoms with Gasteiger partial charge in [0.1, 0.15) is 18.1 Å². The van der Waals surface area contributed by atoms with Gasteiger partial charge in [0.05, 0.1) is 0 Å². The molecule has 0 fully saturated rings. The van der Waals surface area contributed by atoms with Crippen LogP contribution in [0.4, 0.5) is 4.39 Å². The molecule has 0 unspecified atom stereocenters. The molecule has 7 heteroatoms. The lowest BCUT2D eigenvalue weighted by Gasteiger charge is -2.30. The van der Waals surface area contributed by atoms with E-state index in [-0.39, 0.29) is 36.8 Å². The van der Waals surface area contributed by atoms with Crippen LogP contribution in [0.25, 0.3) is 10.9 Å².